The zero-order valence-electron chi connectivity index (χ0n) is 18.6. The monoisotopic (exact) mass is 537 g/mol. The fourth-order valence-corrected chi connectivity index (χ4v) is 3.79. The van der Waals surface area contributed by atoms with Gasteiger partial charge in [0, 0.05) is 24.3 Å². The van der Waals surface area contributed by atoms with E-state index >= 15 is 0 Å². The van der Waals surface area contributed by atoms with Crippen LogP contribution in [-0.4, -0.2) is 45.5 Å². The van der Waals surface area contributed by atoms with E-state index in [4.69, 9.17) is 34.8 Å². The number of imide groups is 1. The molecule has 10 nitrogen and oxygen atoms in total. The first-order valence-electron chi connectivity index (χ1n) is 9.83. The molecular weight excluding hydrogens is 521 g/mol. The van der Waals surface area contributed by atoms with Crippen LogP contribution < -0.4 is 10.7 Å². The number of methoxy groups -OCH3 is 1. The first-order chi connectivity index (χ1) is 16.5. The molecule has 182 valence electrons. The number of nitrogens with zero attached hydrogens (tertiary/aromatic N) is 3. The van der Waals surface area contributed by atoms with Crippen LogP contribution in [0.2, 0.25) is 15.1 Å². The number of aromatic nitrogens is 2. The molecule has 4 amide bonds. The molecule has 0 saturated heterocycles. The molecule has 0 aliphatic carbocycles. The lowest BCUT2D eigenvalue weighted by Crippen LogP contribution is -2.49. The highest BCUT2D eigenvalue weighted by atomic mass is 35.5. The Bertz CT molecular complexity index is 1340. The zero-order valence-corrected chi connectivity index (χ0v) is 20.8. The van der Waals surface area contributed by atoms with Crippen molar-refractivity contribution in [1.29, 1.82) is 0 Å². The second kappa shape index (κ2) is 10.8. The normalized spacial score (nSPS) is 10.5. The van der Waals surface area contributed by atoms with E-state index in [1.54, 1.807) is 19.1 Å². The summed E-state index contributed by atoms with van der Waals surface area (Å²) in [6.07, 6.45) is 1.87. The van der Waals surface area contributed by atoms with Crippen LogP contribution in [0, 0.1) is 6.92 Å². The van der Waals surface area contributed by atoms with Crippen molar-refractivity contribution in [2.24, 2.45) is 0 Å². The maximum Gasteiger partial charge on any atom is 0.435 e. The van der Waals surface area contributed by atoms with Crippen LogP contribution in [0.25, 0.3) is 5.82 Å². The van der Waals surface area contributed by atoms with E-state index in [0.29, 0.717) is 10.6 Å². The van der Waals surface area contributed by atoms with E-state index in [0.717, 1.165) is 14.0 Å². The first-order valence-corrected chi connectivity index (χ1v) is 11.0. The average molecular weight is 539 g/mol. The van der Waals surface area contributed by atoms with Crippen molar-refractivity contribution in [3.63, 3.8) is 0 Å². The lowest BCUT2D eigenvalue weighted by atomic mass is 10.1. The van der Waals surface area contributed by atoms with Crippen molar-refractivity contribution < 1.29 is 23.9 Å². The molecule has 2 heterocycles. The minimum atomic E-state index is -1.10. The lowest BCUT2D eigenvalue weighted by Gasteiger charge is -2.20. The number of hydrogen-bond acceptors (Lipinski definition) is 6. The SMILES string of the molecule is COC(=O)N(NC(=O)c1cc(Cl)cc(C)c1NC(=O)c1cc(Cl)cn1-c1ncccc1Cl)C(C)=O. The van der Waals surface area contributed by atoms with Crippen LogP contribution in [0.4, 0.5) is 10.5 Å². The predicted molar refractivity (Wildman–Crippen MR) is 130 cm³/mol. The second-order valence-electron chi connectivity index (χ2n) is 7.09. The summed E-state index contributed by atoms with van der Waals surface area (Å²) in [7, 11) is 1.05. The Morgan fingerprint density at radius 1 is 1.06 bits per heavy atom. The summed E-state index contributed by atoms with van der Waals surface area (Å²) < 4.78 is 5.90. The summed E-state index contributed by atoms with van der Waals surface area (Å²) in [6, 6.07) is 7.45. The van der Waals surface area contributed by atoms with Gasteiger partial charge in [0.05, 0.1) is 28.4 Å². The molecule has 0 radical (unpaired) electrons. The van der Waals surface area contributed by atoms with E-state index in [1.165, 1.54) is 35.2 Å². The Balaban J connectivity index is 2.00. The van der Waals surface area contributed by atoms with Gasteiger partial charge in [0.25, 0.3) is 11.8 Å². The van der Waals surface area contributed by atoms with Crippen LogP contribution >= 0.6 is 34.8 Å². The Hall–Kier alpha value is -3.60. The maximum absolute atomic E-state index is 13.3. The van der Waals surface area contributed by atoms with Gasteiger partial charge in [-0.15, -0.1) is 0 Å². The molecule has 0 aliphatic rings. The highest BCUT2D eigenvalue weighted by Gasteiger charge is 2.26. The predicted octanol–water partition coefficient (Wildman–Crippen LogP) is 4.65. The molecule has 13 heteroatoms. The molecule has 35 heavy (non-hydrogen) atoms. The first kappa shape index (κ1) is 26.0. The molecule has 0 fully saturated rings. The number of nitrogens with one attached hydrogen (secondary N) is 2. The van der Waals surface area contributed by atoms with E-state index < -0.39 is 23.8 Å². The van der Waals surface area contributed by atoms with Crippen LogP contribution in [-0.2, 0) is 9.53 Å². The summed E-state index contributed by atoms with van der Waals surface area (Å²) in [5, 5.41) is 3.76. The molecule has 0 aliphatic heterocycles. The summed E-state index contributed by atoms with van der Waals surface area (Å²) in [4.78, 5) is 54.1. The van der Waals surface area contributed by atoms with Gasteiger partial charge in [0.1, 0.15) is 5.69 Å². The Kier molecular flexibility index (Phi) is 8.00. The molecule has 0 atom stereocenters. The van der Waals surface area contributed by atoms with E-state index in [2.05, 4.69) is 20.5 Å². The summed E-state index contributed by atoms with van der Waals surface area (Å²) >= 11 is 18.5. The molecule has 2 aromatic heterocycles. The molecule has 1 aromatic carbocycles. The molecule has 3 aromatic rings. The highest BCUT2D eigenvalue weighted by Crippen LogP contribution is 2.28. The number of rotatable bonds is 4. The van der Waals surface area contributed by atoms with Crippen molar-refractivity contribution in [3.8, 4) is 5.82 Å². The van der Waals surface area contributed by atoms with Gasteiger partial charge in [-0.25, -0.2) is 9.78 Å². The molecule has 3 rings (SSSR count). The van der Waals surface area contributed by atoms with Gasteiger partial charge in [-0.2, -0.15) is 5.01 Å². The van der Waals surface area contributed by atoms with Crippen LogP contribution in [0.1, 0.15) is 33.3 Å². The fourth-order valence-electron chi connectivity index (χ4n) is 3.11. The summed E-state index contributed by atoms with van der Waals surface area (Å²) in [5.74, 6) is -2.07. The molecule has 2 N–H and O–H groups in total. The fraction of sp³-hybridized carbons (Fsp3) is 0.136. The van der Waals surface area contributed by atoms with Gasteiger partial charge in [0.15, 0.2) is 5.82 Å². The number of benzene rings is 1. The summed E-state index contributed by atoms with van der Waals surface area (Å²) in [5.41, 5.74) is 2.63. The molecule has 0 unspecified atom stereocenters. The van der Waals surface area contributed by atoms with Gasteiger partial charge in [0.2, 0.25) is 5.91 Å². The number of carbonyl (C=O) groups excluding carboxylic acids is 4. The number of hydrazine groups is 1. The maximum atomic E-state index is 13.3. The van der Waals surface area contributed by atoms with Crippen molar-refractivity contribution in [1.82, 2.24) is 20.0 Å². The largest absolute Gasteiger partial charge is 0.451 e. The summed E-state index contributed by atoms with van der Waals surface area (Å²) in [6.45, 7) is 2.67. The number of amides is 4. The van der Waals surface area contributed by atoms with Crippen LogP contribution in [0.5, 0.6) is 0 Å². The number of pyridine rings is 1. The van der Waals surface area contributed by atoms with Crippen molar-refractivity contribution in [2.75, 3.05) is 12.4 Å². The molecular formula is C22H18Cl3N5O5. The van der Waals surface area contributed by atoms with Gasteiger partial charge < -0.3 is 10.1 Å². The zero-order chi connectivity index (χ0) is 25.9. The van der Waals surface area contributed by atoms with Gasteiger partial charge in [-0.05, 0) is 42.8 Å². The lowest BCUT2D eigenvalue weighted by molar-refractivity contribution is -0.129. The Morgan fingerprint density at radius 3 is 2.40 bits per heavy atom. The number of aryl methyl sites for hydroxylation is 1. The van der Waals surface area contributed by atoms with Crippen LogP contribution in [0.3, 0.4) is 0 Å². The number of hydrogen-bond donors (Lipinski definition) is 2. The number of halogens is 3. The Labute approximate surface area is 214 Å². The topological polar surface area (TPSA) is 123 Å². The quantitative estimate of drug-likeness (QED) is 0.466. The molecule has 0 bridgehead atoms. The third kappa shape index (κ3) is 5.73. The van der Waals surface area contributed by atoms with E-state index in [-0.39, 0.29) is 37.8 Å². The van der Waals surface area contributed by atoms with Crippen molar-refractivity contribution >= 4 is 64.3 Å². The minimum Gasteiger partial charge on any atom is -0.451 e. The highest BCUT2D eigenvalue weighted by molar-refractivity contribution is 6.33. The number of ether oxygens (including phenoxy) is 1. The number of carbonyl (C=O) groups is 4. The van der Waals surface area contributed by atoms with Gasteiger partial charge in [-0.3, -0.25) is 24.4 Å². The second-order valence-corrected chi connectivity index (χ2v) is 8.37. The average Bonchev–Trinajstić information content (AvgIpc) is 3.19. The van der Waals surface area contributed by atoms with E-state index in [1.807, 2.05) is 0 Å². The number of anilines is 1. The molecule has 0 saturated carbocycles. The van der Waals surface area contributed by atoms with Gasteiger partial charge >= 0.3 is 6.09 Å². The third-order valence-electron chi connectivity index (χ3n) is 4.66. The van der Waals surface area contributed by atoms with Crippen molar-refractivity contribution in [2.45, 2.75) is 13.8 Å². The van der Waals surface area contributed by atoms with Crippen molar-refractivity contribution in [3.05, 3.63) is 74.6 Å². The minimum absolute atomic E-state index is 0.0798. The van der Waals surface area contributed by atoms with E-state index in [9.17, 15) is 19.2 Å². The third-order valence-corrected chi connectivity index (χ3v) is 5.38. The molecule has 0 spiro atoms. The smallest absolute Gasteiger partial charge is 0.435 e. The Morgan fingerprint density at radius 2 is 1.77 bits per heavy atom. The van der Waals surface area contributed by atoms with Gasteiger partial charge in [-0.1, -0.05) is 34.8 Å². The standard InChI is InChI=1S/C22H18Cl3N5O5/c1-11-7-13(23)8-15(20(32)28-30(12(2)31)22(34)35-3)18(11)27-21(33)17-9-14(24)10-29(17)19-16(25)5-4-6-26-19/h4-10H,1-3H3,(H,27,33)(H,28,32). The van der Waals surface area contributed by atoms with Crippen LogP contribution in [0.15, 0.2) is 42.7 Å².